The average molecular weight is 266 g/mol. The molecule has 0 spiro atoms. The minimum Gasteiger partial charge on any atom is -0.325 e. The normalized spacial score (nSPS) is 27.2. The Labute approximate surface area is 112 Å². The molecule has 19 heavy (non-hydrogen) atoms. The highest BCUT2D eigenvalue weighted by atomic mass is 19.1. The fraction of sp³-hybridized carbons (Fsp3) is 0.571. The first-order valence-electron chi connectivity index (χ1n) is 6.62. The van der Waals surface area contributed by atoms with Crippen molar-refractivity contribution in [2.45, 2.75) is 44.6 Å². The summed E-state index contributed by atoms with van der Waals surface area (Å²) < 4.78 is 14.0. The number of nitrogens with two attached hydrogens (primary N) is 1. The maximum Gasteiger partial charge on any atom is 0.305 e. The molecule has 2 N–H and O–H groups in total. The van der Waals surface area contributed by atoms with Crippen LogP contribution >= 0.6 is 0 Å². The largest absolute Gasteiger partial charge is 0.325 e. The van der Waals surface area contributed by atoms with Gasteiger partial charge in [0.15, 0.2) is 0 Å². The van der Waals surface area contributed by atoms with Gasteiger partial charge in [0.2, 0.25) is 5.82 Å². The molecule has 1 aliphatic rings. The fourth-order valence-electron chi connectivity index (χ4n) is 2.74. The highest BCUT2D eigenvalue weighted by Crippen LogP contribution is 2.33. The van der Waals surface area contributed by atoms with Crippen LogP contribution in [-0.2, 0) is 6.42 Å². The van der Waals surface area contributed by atoms with Gasteiger partial charge in [0.25, 0.3) is 0 Å². The van der Waals surface area contributed by atoms with Gasteiger partial charge in [-0.05, 0) is 43.6 Å². The maximum absolute atomic E-state index is 14.0. The van der Waals surface area contributed by atoms with Crippen LogP contribution < -0.4 is 5.73 Å². The standard InChI is InChI=1S/C14H19FN2O2/c1-10-5-7-14(16,8-6-10)9-11-3-2-4-12(13(11)15)17(18)19/h2-4,10H,5-9,16H2,1H3. The molecule has 1 aliphatic carbocycles. The molecule has 0 amide bonds. The Morgan fingerprint density at radius 2 is 2.11 bits per heavy atom. The summed E-state index contributed by atoms with van der Waals surface area (Å²) in [5, 5.41) is 10.7. The molecule has 1 fully saturated rings. The second-order valence-electron chi connectivity index (χ2n) is 5.73. The zero-order valence-corrected chi connectivity index (χ0v) is 11.1. The molecule has 0 aromatic heterocycles. The van der Waals surface area contributed by atoms with Gasteiger partial charge < -0.3 is 5.73 Å². The Kier molecular flexibility index (Phi) is 3.85. The lowest BCUT2D eigenvalue weighted by atomic mass is 9.74. The molecule has 5 heteroatoms. The Hall–Kier alpha value is -1.49. The molecule has 0 unspecified atom stereocenters. The molecular formula is C14H19FN2O2. The quantitative estimate of drug-likeness (QED) is 0.674. The van der Waals surface area contributed by atoms with E-state index in [2.05, 4.69) is 6.92 Å². The van der Waals surface area contributed by atoms with Crippen molar-refractivity contribution in [1.82, 2.24) is 0 Å². The molecule has 2 rings (SSSR count). The molecule has 1 aromatic carbocycles. The average Bonchev–Trinajstić information content (AvgIpc) is 2.36. The Morgan fingerprint density at radius 1 is 1.47 bits per heavy atom. The van der Waals surface area contributed by atoms with Gasteiger partial charge in [-0.2, -0.15) is 4.39 Å². The molecular weight excluding hydrogens is 247 g/mol. The molecule has 1 aromatic rings. The molecule has 4 nitrogen and oxygen atoms in total. The predicted molar refractivity (Wildman–Crippen MR) is 71.3 cm³/mol. The van der Waals surface area contributed by atoms with Crippen LogP contribution in [0.2, 0.25) is 0 Å². The number of hydrogen-bond donors (Lipinski definition) is 1. The van der Waals surface area contributed by atoms with E-state index in [4.69, 9.17) is 5.73 Å². The molecule has 0 bridgehead atoms. The zero-order chi connectivity index (χ0) is 14.0. The highest BCUT2D eigenvalue weighted by molar-refractivity contribution is 5.37. The third-order valence-electron chi connectivity index (χ3n) is 4.07. The summed E-state index contributed by atoms with van der Waals surface area (Å²) in [7, 11) is 0. The summed E-state index contributed by atoms with van der Waals surface area (Å²) in [6.45, 7) is 2.19. The zero-order valence-electron chi connectivity index (χ0n) is 11.1. The topological polar surface area (TPSA) is 69.2 Å². The molecule has 0 heterocycles. The lowest BCUT2D eigenvalue weighted by Crippen LogP contribution is -2.45. The summed E-state index contributed by atoms with van der Waals surface area (Å²) in [6, 6.07) is 4.30. The first-order valence-corrected chi connectivity index (χ1v) is 6.62. The van der Waals surface area contributed by atoms with Crippen molar-refractivity contribution in [1.29, 1.82) is 0 Å². The van der Waals surface area contributed by atoms with Crippen molar-refractivity contribution < 1.29 is 9.31 Å². The van der Waals surface area contributed by atoms with Crippen LogP contribution in [0.1, 0.15) is 38.2 Å². The molecule has 1 saturated carbocycles. The number of nitro groups is 1. The van der Waals surface area contributed by atoms with Gasteiger partial charge in [-0.3, -0.25) is 10.1 Å². The number of rotatable bonds is 3. The summed E-state index contributed by atoms with van der Waals surface area (Å²) in [6.07, 6.45) is 4.12. The fourth-order valence-corrected chi connectivity index (χ4v) is 2.74. The van der Waals surface area contributed by atoms with Gasteiger partial charge in [0.1, 0.15) is 0 Å². The van der Waals surface area contributed by atoms with E-state index in [0.29, 0.717) is 17.9 Å². The van der Waals surface area contributed by atoms with E-state index in [0.717, 1.165) is 25.7 Å². The van der Waals surface area contributed by atoms with E-state index in [9.17, 15) is 14.5 Å². The van der Waals surface area contributed by atoms with Crippen molar-refractivity contribution in [3.8, 4) is 0 Å². The Balaban J connectivity index is 2.19. The van der Waals surface area contributed by atoms with E-state index < -0.39 is 22.0 Å². The van der Waals surface area contributed by atoms with E-state index in [1.54, 1.807) is 6.07 Å². The van der Waals surface area contributed by atoms with Gasteiger partial charge in [-0.25, -0.2) is 0 Å². The van der Waals surface area contributed by atoms with Gasteiger partial charge in [-0.15, -0.1) is 0 Å². The summed E-state index contributed by atoms with van der Waals surface area (Å²) in [5.41, 5.74) is 5.77. The van der Waals surface area contributed by atoms with Crippen LogP contribution in [-0.4, -0.2) is 10.5 Å². The molecule has 0 aliphatic heterocycles. The van der Waals surface area contributed by atoms with Crippen molar-refractivity contribution >= 4 is 5.69 Å². The van der Waals surface area contributed by atoms with Crippen LogP contribution in [0.3, 0.4) is 0 Å². The van der Waals surface area contributed by atoms with Gasteiger partial charge >= 0.3 is 5.69 Å². The summed E-state index contributed by atoms with van der Waals surface area (Å²) in [5.74, 6) is -0.0809. The van der Waals surface area contributed by atoms with Crippen molar-refractivity contribution in [3.05, 3.63) is 39.7 Å². The predicted octanol–water partition coefficient (Wildman–Crippen LogP) is 3.18. The number of hydrogen-bond acceptors (Lipinski definition) is 3. The smallest absolute Gasteiger partial charge is 0.305 e. The lowest BCUT2D eigenvalue weighted by molar-refractivity contribution is -0.387. The maximum atomic E-state index is 14.0. The van der Waals surface area contributed by atoms with Crippen LogP contribution in [0.5, 0.6) is 0 Å². The first-order chi connectivity index (χ1) is 8.91. The van der Waals surface area contributed by atoms with E-state index in [-0.39, 0.29) is 0 Å². The number of benzene rings is 1. The highest BCUT2D eigenvalue weighted by Gasteiger charge is 2.32. The monoisotopic (exact) mass is 266 g/mol. The summed E-state index contributed by atoms with van der Waals surface area (Å²) in [4.78, 5) is 10.0. The number of halogens is 1. The third kappa shape index (κ3) is 3.10. The molecule has 0 radical (unpaired) electrons. The third-order valence-corrected chi connectivity index (χ3v) is 4.07. The molecule has 0 saturated heterocycles. The van der Waals surface area contributed by atoms with E-state index in [1.807, 2.05) is 0 Å². The van der Waals surface area contributed by atoms with Gasteiger partial charge in [-0.1, -0.05) is 19.1 Å². The molecule has 0 atom stereocenters. The van der Waals surface area contributed by atoms with Crippen molar-refractivity contribution in [3.63, 3.8) is 0 Å². The van der Waals surface area contributed by atoms with Gasteiger partial charge in [0, 0.05) is 11.6 Å². The Morgan fingerprint density at radius 3 is 2.68 bits per heavy atom. The summed E-state index contributed by atoms with van der Waals surface area (Å²) >= 11 is 0. The van der Waals surface area contributed by atoms with Crippen LogP contribution in [0.15, 0.2) is 18.2 Å². The number of nitrogens with zero attached hydrogens (tertiary/aromatic N) is 1. The SMILES string of the molecule is CC1CCC(N)(Cc2cccc([N+](=O)[O-])c2F)CC1. The van der Waals surface area contributed by atoms with Crippen molar-refractivity contribution in [2.24, 2.45) is 11.7 Å². The van der Waals surface area contributed by atoms with E-state index in [1.165, 1.54) is 12.1 Å². The second kappa shape index (κ2) is 5.25. The van der Waals surface area contributed by atoms with Crippen LogP contribution in [0, 0.1) is 21.8 Å². The van der Waals surface area contributed by atoms with Crippen LogP contribution in [0.25, 0.3) is 0 Å². The van der Waals surface area contributed by atoms with E-state index >= 15 is 0 Å². The Bertz CT molecular complexity index is 482. The minimum atomic E-state index is -0.740. The second-order valence-corrected chi connectivity index (χ2v) is 5.73. The van der Waals surface area contributed by atoms with Crippen LogP contribution in [0.4, 0.5) is 10.1 Å². The first kappa shape index (κ1) is 13.9. The minimum absolute atomic E-state index is 0.353. The molecule has 104 valence electrons. The van der Waals surface area contributed by atoms with Crippen molar-refractivity contribution in [2.75, 3.05) is 0 Å². The number of nitro benzene ring substituents is 1. The lowest BCUT2D eigenvalue weighted by Gasteiger charge is -2.36. The van der Waals surface area contributed by atoms with Gasteiger partial charge in [0.05, 0.1) is 4.92 Å².